The van der Waals surface area contributed by atoms with Crippen molar-refractivity contribution < 1.29 is 41.5 Å². The predicted molar refractivity (Wildman–Crippen MR) is 32.0 cm³/mol. The van der Waals surface area contributed by atoms with E-state index >= 15 is 0 Å². The van der Waals surface area contributed by atoms with Gasteiger partial charge in [0.15, 0.2) is 0 Å². The van der Waals surface area contributed by atoms with Gasteiger partial charge in [-0.1, -0.05) is 4.32 Å². The smallest absolute Gasteiger partial charge is 0.0433 e. The minimum absolute atomic E-state index is 0. The van der Waals surface area contributed by atoms with Gasteiger partial charge in [0.05, 0.1) is 0 Å². The predicted octanol–water partition coefficient (Wildman–Crippen LogP) is -0.801. The van der Waals surface area contributed by atoms with Crippen molar-refractivity contribution in [3.63, 3.8) is 0 Å². The van der Waals surface area contributed by atoms with Crippen LogP contribution < -0.4 is 4.72 Å². The van der Waals surface area contributed by atoms with Gasteiger partial charge in [-0.15, -0.1) is 0 Å². The summed E-state index contributed by atoms with van der Waals surface area (Å²) < 4.78 is 20.7. The molecule has 0 amide bonds. The van der Waals surface area contributed by atoms with E-state index in [1.165, 1.54) is 0 Å². The Kier molecular flexibility index (Phi) is 9.70. The molecule has 1 N–H and O–H groups in total. The summed E-state index contributed by atoms with van der Waals surface area (Å²) in [5.41, 5.74) is 0. The summed E-state index contributed by atoms with van der Waals surface area (Å²) in [7, 11) is 0. The maximum absolute atomic E-state index is 9.54. The molecule has 0 aliphatic rings. The quantitative estimate of drug-likeness (QED) is 0.373. The van der Waals surface area contributed by atoms with E-state index in [2.05, 4.69) is 24.8 Å². The maximum atomic E-state index is 9.54. The normalized spacial score (nSPS) is 11.1. The molecule has 7 heteroatoms. The Morgan fingerprint density at radius 2 is 2.25 bits per heavy atom. The van der Waals surface area contributed by atoms with Gasteiger partial charge >= 0.3 is 0 Å². The zero-order valence-corrected chi connectivity index (χ0v) is 8.91. The molecule has 0 aromatic heterocycles. The summed E-state index contributed by atoms with van der Waals surface area (Å²) >= 11 is 6.02. The summed E-state index contributed by atoms with van der Waals surface area (Å²) in [4.78, 5) is 0. The number of hydrogen-bond acceptors (Lipinski definition) is 4. The van der Waals surface area contributed by atoms with Crippen LogP contribution in [0.3, 0.4) is 0 Å². The van der Waals surface area contributed by atoms with Crippen molar-refractivity contribution in [1.29, 1.82) is 0 Å². The Morgan fingerprint density at radius 3 is 2.25 bits per heavy atom. The fourth-order valence-electron chi connectivity index (χ4n) is 0.0680. The number of thiocarbonyl (C=S) groups is 1. The zero-order chi connectivity index (χ0) is 5.86. The van der Waals surface area contributed by atoms with Crippen molar-refractivity contribution in [2.24, 2.45) is 0 Å². The Labute approximate surface area is 85.7 Å². The molecule has 0 heterocycles. The van der Waals surface area contributed by atoms with E-state index in [9.17, 15) is 8.76 Å². The first-order chi connectivity index (χ1) is 3.13. The molecule has 1 radical (unpaired) electrons. The van der Waals surface area contributed by atoms with Gasteiger partial charge in [0.1, 0.15) is 0 Å². The molecular formula is CHNO2S3Y-2. The van der Waals surface area contributed by atoms with Crippen LogP contribution >= 0.6 is 12.2 Å². The molecule has 0 aromatic carbocycles. The van der Waals surface area contributed by atoms with Crippen LogP contribution in [0.2, 0.25) is 0 Å². The summed E-state index contributed by atoms with van der Waals surface area (Å²) in [6.45, 7) is 0. The van der Waals surface area contributed by atoms with E-state index in [1.54, 1.807) is 4.72 Å². The average molecular weight is 244 g/mol. The molecule has 0 aliphatic heterocycles. The minimum atomic E-state index is -2.34. The molecule has 0 aliphatic carbocycles. The van der Waals surface area contributed by atoms with Crippen LogP contribution in [0.4, 0.5) is 0 Å². The van der Waals surface area contributed by atoms with Crippen molar-refractivity contribution in [2.45, 2.75) is 0 Å². The van der Waals surface area contributed by atoms with Gasteiger partial charge in [-0.05, 0) is 0 Å². The fraction of sp³-hybridized carbons (Fsp3) is 0. The SMILES string of the molecule is O=S([O-])NC(=S)[S-].[Y]. The average Bonchev–Trinajstić information content (AvgIpc) is 1.27. The van der Waals surface area contributed by atoms with Crippen LogP contribution in [-0.4, -0.2) is 13.1 Å². The molecule has 0 saturated heterocycles. The molecule has 0 fully saturated rings. The van der Waals surface area contributed by atoms with Crippen LogP contribution in [0.15, 0.2) is 0 Å². The zero-order valence-electron chi connectivity index (χ0n) is 3.62. The van der Waals surface area contributed by atoms with Crippen LogP contribution in [0.1, 0.15) is 0 Å². The van der Waals surface area contributed by atoms with Gasteiger partial charge in [0.25, 0.3) is 0 Å². The molecule has 1 unspecified atom stereocenters. The Morgan fingerprint density at radius 1 is 1.88 bits per heavy atom. The summed E-state index contributed by atoms with van der Waals surface area (Å²) in [5.74, 6) is 0. The standard InChI is InChI=1S/CH3NO2S3.Y/c3-7(4)2-1(5)6;/h(H,3,4)(H2,2,5,6);/p-2. The summed E-state index contributed by atoms with van der Waals surface area (Å²) in [6.07, 6.45) is 0. The van der Waals surface area contributed by atoms with Gasteiger partial charge in [0.2, 0.25) is 0 Å². The molecule has 45 valence electrons. The first-order valence-electron chi connectivity index (χ1n) is 1.20. The second-order valence-electron chi connectivity index (χ2n) is 0.624. The molecule has 1 atom stereocenters. The first-order valence-corrected chi connectivity index (χ1v) is 3.09. The van der Waals surface area contributed by atoms with E-state index in [4.69, 9.17) is 0 Å². The van der Waals surface area contributed by atoms with Gasteiger partial charge in [0, 0.05) is 44.0 Å². The maximum Gasteiger partial charge on any atom is 0.0433 e. The molecule has 0 aromatic rings. The van der Waals surface area contributed by atoms with Crippen LogP contribution in [-0.2, 0) is 56.6 Å². The molecular weight excluding hydrogens is 243 g/mol. The Hall–Kier alpha value is 1.32. The Bertz CT molecular complexity index is 93.5. The van der Waals surface area contributed by atoms with E-state index < -0.39 is 11.3 Å². The van der Waals surface area contributed by atoms with E-state index in [0.717, 1.165) is 0 Å². The van der Waals surface area contributed by atoms with Crippen molar-refractivity contribution >= 4 is 40.4 Å². The van der Waals surface area contributed by atoms with Crippen molar-refractivity contribution in [2.75, 3.05) is 0 Å². The first kappa shape index (κ1) is 12.0. The monoisotopic (exact) mass is 244 g/mol. The van der Waals surface area contributed by atoms with Crippen LogP contribution in [0.5, 0.6) is 0 Å². The van der Waals surface area contributed by atoms with E-state index in [0.29, 0.717) is 0 Å². The minimum Gasteiger partial charge on any atom is -0.755 e. The third kappa shape index (κ3) is 10.3. The van der Waals surface area contributed by atoms with Crippen molar-refractivity contribution in [3.05, 3.63) is 0 Å². The van der Waals surface area contributed by atoms with Crippen LogP contribution in [0, 0.1) is 0 Å². The third-order valence-electron chi connectivity index (χ3n) is 0.167. The van der Waals surface area contributed by atoms with Gasteiger partial charge in [-0.2, -0.15) is 0 Å². The van der Waals surface area contributed by atoms with Crippen molar-refractivity contribution in [3.8, 4) is 0 Å². The summed E-state index contributed by atoms with van der Waals surface area (Å²) in [5, 5.41) is 0. The molecule has 8 heavy (non-hydrogen) atoms. The second kappa shape index (κ2) is 6.44. The summed E-state index contributed by atoms with van der Waals surface area (Å²) in [6, 6.07) is 0. The van der Waals surface area contributed by atoms with E-state index in [-0.39, 0.29) is 37.0 Å². The van der Waals surface area contributed by atoms with Gasteiger partial charge in [-0.25, -0.2) is 0 Å². The van der Waals surface area contributed by atoms with Gasteiger partial charge < -0.3 is 34.1 Å². The molecule has 3 nitrogen and oxygen atoms in total. The molecule has 0 saturated carbocycles. The van der Waals surface area contributed by atoms with Crippen LogP contribution in [0.25, 0.3) is 0 Å². The number of rotatable bonds is 1. The second-order valence-corrected chi connectivity index (χ2v) is 2.37. The largest absolute Gasteiger partial charge is 0.755 e. The Balaban J connectivity index is 0. The number of nitrogens with one attached hydrogen (secondary N) is 1. The third-order valence-corrected chi connectivity index (χ3v) is 1.000. The van der Waals surface area contributed by atoms with Gasteiger partial charge in [-0.3, -0.25) is 4.21 Å². The van der Waals surface area contributed by atoms with E-state index in [1.807, 2.05) is 0 Å². The topological polar surface area (TPSA) is 52.2 Å². The molecule has 0 spiro atoms. The fourth-order valence-corrected chi connectivity index (χ4v) is 0.612. The number of hydrogen-bond donors (Lipinski definition) is 1. The van der Waals surface area contributed by atoms with Crippen molar-refractivity contribution in [1.82, 2.24) is 4.72 Å². The molecule has 0 rings (SSSR count). The molecule has 0 bridgehead atoms.